The Morgan fingerprint density at radius 2 is 2.00 bits per heavy atom. The molecular formula is C23H29N5O5S. The number of carbonyl (C=O) groups excluding carboxylic acids is 2. The lowest BCUT2D eigenvalue weighted by molar-refractivity contribution is -0.136. The van der Waals surface area contributed by atoms with Gasteiger partial charge in [0.2, 0.25) is 11.8 Å². The minimum Gasteiger partial charge on any atom is -0.360 e. The first-order valence-corrected chi connectivity index (χ1v) is 12.9. The molecule has 34 heavy (non-hydrogen) atoms. The van der Waals surface area contributed by atoms with Crippen LogP contribution in [0.1, 0.15) is 44.4 Å². The molecule has 2 aliphatic heterocycles. The highest BCUT2D eigenvalue weighted by atomic mass is 32.2. The molecule has 2 aromatic rings. The number of likely N-dealkylation sites (tertiary alicyclic amines) is 1. The number of aryl methyl sites for hydroxylation is 1. The number of nitrogens with zero attached hydrogens (tertiary/aromatic N) is 3. The molecule has 0 bridgehead atoms. The van der Waals surface area contributed by atoms with Crippen LogP contribution < -0.4 is 10.0 Å². The molecule has 1 aromatic carbocycles. The Bertz CT molecular complexity index is 1210. The number of sulfonamides is 1. The van der Waals surface area contributed by atoms with E-state index in [1.807, 2.05) is 13.8 Å². The number of hydrogen-bond acceptors (Lipinski definition) is 7. The summed E-state index contributed by atoms with van der Waals surface area (Å²) in [5, 5.41) is 6.54. The zero-order valence-corrected chi connectivity index (χ0v) is 20.3. The lowest BCUT2D eigenvalue weighted by Gasteiger charge is -2.34. The number of amides is 2. The normalized spacial score (nSPS) is 20.4. The largest absolute Gasteiger partial charge is 0.360 e. The van der Waals surface area contributed by atoms with Crippen LogP contribution in [0.2, 0.25) is 0 Å². The van der Waals surface area contributed by atoms with E-state index in [1.54, 1.807) is 36.1 Å². The van der Waals surface area contributed by atoms with Crippen LogP contribution in [0.5, 0.6) is 0 Å². The van der Waals surface area contributed by atoms with E-state index < -0.39 is 16.1 Å². The number of nitrogens with one attached hydrogen (secondary N) is 2. The van der Waals surface area contributed by atoms with E-state index in [9.17, 15) is 18.0 Å². The smallest absolute Gasteiger partial charge is 0.263 e. The van der Waals surface area contributed by atoms with Gasteiger partial charge in [-0.15, -0.1) is 0 Å². The van der Waals surface area contributed by atoms with Crippen LogP contribution in [-0.2, 0) is 19.6 Å². The van der Waals surface area contributed by atoms with Gasteiger partial charge >= 0.3 is 0 Å². The summed E-state index contributed by atoms with van der Waals surface area (Å²) in [6.07, 6.45) is 1.75. The van der Waals surface area contributed by atoms with Gasteiger partial charge in [-0.25, -0.2) is 8.42 Å². The summed E-state index contributed by atoms with van der Waals surface area (Å²) in [5.41, 5.74) is 0.474. The van der Waals surface area contributed by atoms with Gasteiger partial charge in [0.1, 0.15) is 17.6 Å². The predicted octanol–water partition coefficient (Wildman–Crippen LogP) is 2.31. The van der Waals surface area contributed by atoms with Gasteiger partial charge in [-0.3, -0.25) is 19.3 Å². The lowest BCUT2D eigenvalue weighted by atomic mass is 9.93. The maximum absolute atomic E-state index is 13.4. The number of aromatic nitrogens is 1. The van der Waals surface area contributed by atoms with E-state index in [0.717, 1.165) is 0 Å². The number of aliphatic imine (C=N–C) groups is 1. The maximum Gasteiger partial charge on any atom is 0.263 e. The van der Waals surface area contributed by atoms with E-state index in [1.165, 1.54) is 6.07 Å². The molecule has 0 unspecified atom stereocenters. The van der Waals surface area contributed by atoms with Crippen molar-refractivity contribution in [3.05, 3.63) is 41.7 Å². The SMILES string of the molecule is CC[C@H](C)[C@H](N=C1NS(=O)(=O)c2ccccc21)C(=O)N1CCC(C(=O)Nc2cc(C)on2)CC1. The van der Waals surface area contributed by atoms with Gasteiger partial charge in [0, 0.05) is 30.6 Å². The zero-order valence-electron chi connectivity index (χ0n) is 19.4. The van der Waals surface area contributed by atoms with Crippen molar-refractivity contribution in [1.29, 1.82) is 0 Å². The molecule has 2 aliphatic rings. The van der Waals surface area contributed by atoms with Crippen molar-refractivity contribution in [2.24, 2.45) is 16.8 Å². The summed E-state index contributed by atoms with van der Waals surface area (Å²) >= 11 is 0. The molecule has 0 aliphatic carbocycles. The molecule has 0 saturated carbocycles. The fraction of sp³-hybridized carbons (Fsp3) is 0.478. The first kappa shape index (κ1) is 23.9. The van der Waals surface area contributed by atoms with E-state index >= 15 is 0 Å². The molecule has 1 saturated heterocycles. The van der Waals surface area contributed by atoms with Crippen molar-refractivity contribution in [3.63, 3.8) is 0 Å². The number of fused-ring (bicyclic) bond motifs is 1. The highest BCUT2D eigenvalue weighted by Crippen LogP contribution is 2.26. The Morgan fingerprint density at radius 1 is 1.29 bits per heavy atom. The zero-order chi connectivity index (χ0) is 24.5. The Balaban J connectivity index is 1.46. The van der Waals surface area contributed by atoms with Crippen LogP contribution in [-0.4, -0.2) is 55.3 Å². The average molecular weight is 488 g/mol. The summed E-state index contributed by atoms with van der Waals surface area (Å²) in [7, 11) is -3.69. The minimum atomic E-state index is -3.69. The molecule has 3 heterocycles. The molecule has 1 aromatic heterocycles. The molecule has 2 atom stereocenters. The predicted molar refractivity (Wildman–Crippen MR) is 126 cm³/mol. The first-order chi connectivity index (χ1) is 16.2. The van der Waals surface area contributed by atoms with Crippen molar-refractivity contribution in [2.45, 2.75) is 51.0 Å². The molecular weight excluding hydrogens is 458 g/mol. The molecule has 1 fully saturated rings. The van der Waals surface area contributed by atoms with Crippen LogP contribution in [0, 0.1) is 18.8 Å². The fourth-order valence-electron chi connectivity index (χ4n) is 4.22. The van der Waals surface area contributed by atoms with Crippen LogP contribution in [0.3, 0.4) is 0 Å². The highest BCUT2D eigenvalue weighted by Gasteiger charge is 2.36. The third-order valence-corrected chi connectivity index (χ3v) is 7.82. The molecule has 182 valence electrons. The summed E-state index contributed by atoms with van der Waals surface area (Å²) in [6, 6.07) is 7.54. The van der Waals surface area contributed by atoms with E-state index in [-0.39, 0.29) is 34.4 Å². The van der Waals surface area contributed by atoms with Crippen LogP contribution in [0.15, 0.2) is 44.7 Å². The Labute approximate surface area is 198 Å². The molecule has 11 heteroatoms. The summed E-state index contributed by atoms with van der Waals surface area (Å²) in [5.74, 6) is 0.573. The third-order valence-electron chi connectivity index (χ3n) is 6.42. The van der Waals surface area contributed by atoms with Crippen LogP contribution in [0.4, 0.5) is 5.82 Å². The van der Waals surface area contributed by atoms with Gasteiger partial charge in [-0.05, 0) is 37.8 Å². The Kier molecular flexibility index (Phi) is 6.74. The highest BCUT2D eigenvalue weighted by molar-refractivity contribution is 7.90. The van der Waals surface area contributed by atoms with Gasteiger partial charge in [0.05, 0.1) is 4.90 Å². The lowest BCUT2D eigenvalue weighted by Crippen LogP contribution is -2.47. The van der Waals surface area contributed by atoms with Crippen LogP contribution >= 0.6 is 0 Å². The second kappa shape index (κ2) is 9.57. The second-order valence-corrected chi connectivity index (χ2v) is 10.5. The topological polar surface area (TPSA) is 134 Å². The quantitative estimate of drug-likeness (QED) is 0.642. The number of amidine groups is 1. The first-order valence-electron chi connectivity index (χ1n) is 11.4. The van der Waals surface area contributed by atoms with Gasteiger partial charge in [0.15, 0.2) is 5.82 Å². The molecule has 0 spiro atoms. The number of rotatable bonds is 6. The van der Waals surface area contributed by atoms with Crippen LogP contribution in [0.25, 0.3) is 0 Å². The third kappa shape index (κ3) is 4.84. The maximum atomic E-state index is 13.4. The van der Waals surface area contributed by atoms with Crippen molar-refractivity contribution < 1.29 is 22.5 Å². The Morgan fingerprint density at radius 3 is 2.65 bits per heavy atom. The van der Waals surface area contributed by atoms with E-state index in [0.29, 0.717) is 49.5 Å². The minimum absolute atomic E-state index is 0.0892. The summed E-state index contributed by atoms with van der Waals surface area (Å²) < 4.78 is 32.4. The molecule has 2 amide bonds. The standard InChI is InChI=1S/C23H29N5O5S/c1-4-14(2)20(25-21-17-7-5-6-8-18(17)34(31,32)27-21)23(30)28-11-9-16(10-12-28)22(29)24-19-13-15(3)33-26-19/h5-8,13-14,16,20H,4,9-12H2,1-3H3,(H,25,27)(H,24,26,29)/t14-,20-/m0/s1. The number of anilines is 1. The number of piperidine rings is 1. The van der Waals surface area contributed by atoms with Crippen molar-refractivity contribution in [3.8, 4) is 0 Å². The average Bonchev–Trinajstić information content (AvgIpc) is 3.36. The fourth-order valence-corrected chi connectivity index (χ4v) is 5.46. The van der Waals surface area contributed by atoms with E-state index in [4.69, 9.17) is 4.52 Å². The molecule has 4 rings (SSSR count). The number of hydrogen-bond donors (Lipinski definition) is 2. The van der Waals surface area contributed by atoms with E-state index in [2.05, 4.69) is 20.2 Å². The number of carbonyl (C=O) groups is 2. The summed E-state index contributed by atoms with van der Waals surface area (Å²) in [4.78, 5) is 32.5. The van der Waals surface area contributed by atoms with Crippen molar-refractivity contribution in [2.75, 3.05) is 18.4 Å². The van der Waals surface area contributed by atoms with Gasteiger partial charge in [0.25, 0.3) is 10.0 Å². The van der Waals surface area contributed by atoms with Crippen molar-refractivity contribution in [1.82, 2.24) is 14.8 Å². The number of benzene rings is 1. The van der Waals surface area contributed by atoms with Gasteiger partial charge in [-0.2, -0.15) is 0 Å². The van der Waals surface area contributed by atoms with Gasteiger partial charge in [-0.1, -0.05) is 37.6 Å². The molecule has 2 N–H and O–H groups in total. The van der Waals surface area contributed by atoms with Gasteiger partial charge < -0.3 is 14.7 Å². The Hall–Kier alpha value is -3.21. The monoisotopic (exact) mass is 487 g/mol. The second-order valence-electron chi connectivity index (χ2n) is 8.82. The molecule has 0 radical (unpaired) electrons. The summed E-state index contributed by atoms with van der Waals surface area (Å²) in [6.45, 7) is 6.50. The van der Waals surface area contributed by atoms with Crippen molar-refractivity contribution >= 4 is 33.5 Å². The molecule has 10 nitrogen and oxygen atoms in total.